The van der Waals surface area contributed by atoms with E-state index in [2.05, 4.69) is 36.4 Å². The molecule has 0 fully saturated rings. The van der Waals surface area contributed by atoms with E-state index in [1.54, 1.807) is 18.3 Å². The molecule has 7 rings (SSSR count). The maximum absolute atomic E-state index is 14.0. The molecule has 3 heterocycles. The molecule has 0 aliphatic carbocycles. The molecule has 4 nitrogen and oxygen atoms in total. The normalized spacial score (nSPS) is 16.0. The number of aromatic nitrogens is 1. The lowest BCUT2D eigenvalue weighted by Gasteiger charge is -2.47. The molecular formula is C31H22N2O2S. The van der Waals surface area contributed by atoms with Crippen LogP contribution in [0.15, 0.2) is 125 Å². The predicted molar refractivity (Wildman–Crippen MR) is 141 cm³/mol. The molecule has 0 radical (unpaired) electrons. The van der Waals surface area contributed by atoms with Gasteiger partial charge in [-0.3, -0.25) is 4.90 Å². The zero-order valence-corrected chi connectivity index (χ0v) is 20.4. The Kier molecular flexibility index (Phi) is 4.33. The van der Waals surface area contributed by atoms with Gasteiger partial charge in [-0.05, 0) is 53.4 Å². The first-order valence-electron chi connectivity index (χ1n) is 11.9. The zero-order valence-electron chi connectivity index (χ0n) is 19.6. The summed E-state index contributed by atoms with van der Waals surface area (Å²) < 4.78 is 28.0. The molecule has 1 aromatic heterocycles. The molecule has 174 valence electrons. The van der Waals surface area contributed by atoms with Crippen LogP contribution in [0.25, 0.3) is 0 Å². The molecule has 0 atom stereocenters. The molecule has 0 saturated carbocycles. The van der Waals surface area contributed by atoms with E-state index >= 15 is 0 Å². The van der Waals surface area contributed by atoms with E-state index < -0.39 is 15.3 Å². The summed E-state index contributed by atoms with van der Waals surface area (Å²) in [4.78, 5) is 7.56. The number of para-hydroxylation sites is 1. The van der Waals surface area contributed by atoms with E-state index in [1.165, 1.54) is 0 Å². The predicted octanol–water partition coefficient (Wildman–Crippen LogP) is 6.70. The van der Waals surface area contributed by atoms with Gasteiger partial charge in [0, 0.05) is 11.8 Å². The van der Waals surface area contributed by atoms with Crippen LogP contribution in [0.1, 0.15) is 27.8 Å². The van der Waals surface area contributed by atoms with Crippen LogP contribution in [0.5, 0.6) is 0 Å². The van der Waals surface area contributed by atoms with Crippen LogP contribution < -0.4 is 4.90 Å². The van der Waals surface area contributed by atoms with E-state index in [-0.39, 0.29) is 0 Å². The third kappa shape index (κ3) is 2.58. The molecule has 36 heavy (non-hydrogen) atoms. The van der Waals surface area contributed by atoms with Crippen molar-refractivity contribution in [2.24, 2.45) is 0 Å². The summed E-state index contributed by atoms with van der Waals surface area (Å²) in [7, 11) is -3.74. The second-order valence-corrected chi connectivity index (χ2v) is 11.2. The molecule has 0 saturated heterocycles. The van der Waals surface area contributed by atoms with E-state index in [0.717, 1.165) is 33.6 Å². The van der Waals surface area contributed by atoms with E-state index in [0.29, 0.717) is 21.2 Å². The van der Waals surface area contributed by atoms with Crippen LogP contribution in [0, 0.1) is 6.92 Å². The van der Waals surface area contributed by atoms with Crippen molar-refractivity contribution in [3.05, 3.63) is 143 Å². The topological polar surface area (TPSA) is 50.3 Å². The van der Waals surface area contributed by atoms with Gasteiger partial charge in [-0.1, -0.05) is 84.9 Å². The van der Waals surface area contributed by atoms with Crippen molar-refractivity contribution >= 4 is 27.0 Å². The van der Waals surface area contributed by atoms with Gasteiger partial charge in [0.25, 0.3) is 0 Å². The highest BCUT2D eigenvalue weighted by Crippen LogP contribution is 2.61. The molecule has 0 bridgehead atoms. The first kappa shape index (κ1) is 21.1. The second kappa shape index (κ2) is 7.39. The Balaban J connectivity index is 1.72. The monoisotopic (exact) mass is 486 g/mol. The lowest BCUT2D eigenvalue weighted by Crippen LogP contribution is -2.40. The number of fused-ring (bicyclic) bond motifs is 4. The maximum atomic E-state index is 14.0. The van der Waals surface area contributed by atoms with Crippen molar-refractivity contribution in [2.45, 2.75) is 22.1 Å². The van der Waals surface area contributed by atoms with Crippen LogP contribution in [-0.4, -0.2) is 13.4 Å². The average Bonchev–Trinajstić information content (AvgIpc) is 2.91. The molecular weight excluding hydrogens is 464 g/mol. The number of hydrogen-bond acceptors (Lipinski definition) is 4. The molecule has 0 N–H and O–H groups in total. The average molecular weight is 487 g/mol. The highest BCUT2D eigenvalue weighted by atomic mass is 32.2. The van der Waals surface area contributed by atoms with Gasteiger partial charge >= 0.3 is 0 Å². The van der Waals surface area contributed by atoms with Crippen LogP contribution in [0.4, 0.5) is 17.2 Å². The van der Waals surface area contributed by atoms with Gasteiger partial charge < -0.3 is 0 Å². The fourth-order valence-corrected chi connectivity index (χ4v) is 7.56. The standard InChI is InChI=1S/C31H22N2O2S/c1-21-17-18-27-26(20-21)33-29-24(14-8-16-28(29)36(27,34)35)31(22-10-4-2-5-11-22,23-12-6-3-7-13-23)25-15-9-19-32-30(25)33/h2-20H,1H3. The number of nitrogens with zero attached hydrogens (tertiary/aromatic N) is 2. The van der Waals surface area contributed by atoms with Crippen molar-refractivity contribution < 1.29 is 8.42 Å². The van der Waals surface area contributed by atoms with Crippen molar-refractivity contribution in [3.8, 4) is 0 Å². The molecule has 5 heteroatoms. The molecule has 2 aliphatic heterocycles. The third-order valence-corrected chi connectivity index (χ3v) is 9.21. The summed E-state index contributed by atoms with van der Waals surface area (Å²) in [6, 6.07) is 35.9. The first-order valence-corrected chi connectivity index (χ1v) is 13.4. The molecule has 5 aromatic rings. The van der Waals surface area contributed by atoms with Gasteiger partial charge in [-0.15, -0.1) is 0 Å². The summed E-state index contributed by atoms with van der Waals surface area (Å²) in [6.07, 6.45) is 1.78. The number of rotatable bonds is 2. The number of sulfone groups is 1. The highest BCUT2D eigenvalue weighted by molar-refractivity contribution is 7.92. The van der Waals surface area contributed by atoms with Gasteiger partial charge in [0.2, 0.25) is 9.84 Å². The van der Waals surface area contributed by atoms with Gasteiger partial charge in [-0.25, -0.2) is 13.4 Å². The Labute approximate surface area is 210 Å². The summed E-state index contributed by atoms with van der Waals surface area (Å²) in [5, 5.41) is 0. The molecule has 4 aromatic carbocycles. The van der Waals surface area contributed by atoms with E-state index in [1.807, 2.05) is 72.5 Å². The highest BCUT2D eigenvalue weighted by Gasteiger charge is 2.51. The quantitative estimate of drug-likeness (QED) is 0.273. The minimum Gasteiger partial charge on any atom is -0.292 e. The van der Waals surface area contributed by atoms with Gasteiger partial charge in [-0.2, -0.15) is 0 Å². The number of benzene rings is 4. The Bertz CT molecular complexity index is 1720. The molecule has 0 amide bonds. The smallest absolute Gasteiger partial charge is 0.210 e. The number of anilines is 3. The Morgan fingerprint density at radius 1 is 0.694 bits per heavy atom. The maximum Gasteiger partial charge on any atom is 0.210 e. The van der Waals surface area contributed by atoms with Crippen molar-refractivity contribution in [1.82, 2.24) is 4.98 Å². The van der Waals surface area contributed by atoms with Crippen molar-refractivity contribution in [2.75, 3.05) is 4.90 Å². The van der Waals surface area contributed by atoms with Crippen molar-refractivity contribution in [1.29, 1.82) is 0 Å². The summed E-state index contributed by atoms with van der Waals surface area (Å²) in [5.41, 5.74) is 5.62. The van der Waals surface area contributed by atoms with Crippen LogP contribution >= 0.6 is 0 Å². The van der Waals surface area contributed by atoms with Crippen LogP contribution in [0.3, 0.4) is 0 Å². The third-order valence-electron chi connectivity index (χ3n) is 7.38. The Morgan fingerprint density at radius 3 is 2.06 bits per heavy atom. The van der Waals surface area contributed by atoms with Crippen LogP contribution in [-0.2, 0) is 15.3 Å². The number of aryl methyl sites for hydroxylation is 1. The van der Waals surface area contributed by atoms with E-state index in [4.69, 9.17) is 4.98 Å². The largest absolute Gasteiger partial charge is 0.292 e. The van der Waals surface area contributed by atoms with Crippen LogP contribution in [0.2, 0.25) is 0 Å². The fourth-order valence-electron chi connectivity index (χ4n) is 5.94. The second-order valence-electron chi connectivity index (χ2n) is 9.32. The number of hydrogen-bond donors (Lipinski definition) is 0. The minimum atomic E-state index is -3.74. The number of pyridine rings is 1. The summed E-state index contributed by atoms with van der Waals surface area (Å²) in [5.74, 6) is 0.743. The molecule has 0 unspecified atom stereocenters. The lowest BCUT2D eigenvalue weighted by molar-refractivity contribution is 0.593. The van der Waals surface area contributed by atoms with Crippen molar-refractivity contribution in [3.63, 3.8) is 0 Å². The minimum absolute atomic E-state index is 0.307. The molecule has 2 aliphatic rings. The molecule has 0 spiro atoms. The van der Waals surface area contributed by atoms with Gasteiger partial charge in [0.05, 0.1) is 26.6 Å². The summed E-state index contributed by atoms with van der Waals surface area (Å²) in [6.45, 7) is 1.98. The SMILES string of the molecule is Cc1ccc2c(c1)N1c3ncccc3C(c3ccccc3)(c3ccccc3)c3cccc(c31)S2(=O)=O. The summed E-state index contributed by atoms with van der Waals surface area (Å²) >= 11 is 0. The fraction of sp³-hybridized carbons (Fsp3) is 0.0645. The zero-order chi connectivity index (χ0) is 24.5. The Morgan fingerprint density at radius 2 is 1.36 bits per heavy atom. The first-order chi connectivity index (χ1) is 17.5. The lowest BCUT2D eigenvalue weighted by atomic mass is 9.63. The van der Waals surface area contributed by atoms with Gasteiger partial charge in [0.1, 0.15) is 5.82 Å². The van der Waals surface area contributed by atoms with Gasteiger partial charge in [0.15, 0.2) is 0 Å². The Hall–Kier alpha value is -4.22. The van der Waals surface area contributed by atoms with E-state index in [9.17, 15) is 8.42 Å².